The summed E-state index contributed by atoms with van der Waals surface area (Å²) < 4.78 is 21.9. The minimum Gasteiger partial charge on any atom is -0.462 e. The van der Waals surface area contributed by atoms with Crippen LogP contribution < -0.4 is 10.4 Å². The summed E-state index contributed by atoms with van der Waals surface area (Å²) in [5.41, 5.74) is 5.13. The highest BCUT2D eigenvalue weighted by Gasteiger charge is 2.13. The minimum atomic E-state index is -0.510. The lowest BCUT2D eigenvalue weighted by Gasteiger charge is -2.13. The molecule has 0 bridgehead atoms. The van der Waals surface area contributed by atoms with Crippen molar-refractivity contribution in [3.63, 3.8) is 0 Å². The lowest BCUT2D eigenvalue weighted by atomic mass is 9.95. The number of benzene rings is 2. The van der Waals surface area contributed by atoms with Crippen molar-refractivity contribution in [1.29, 1.82) is 0 Å². The molecule has 0 N–H and O–H groups in total. The van der Waals surface area contributed by atoms with Gasteiger partial charge in [-0.15, -0.1) is 0 Å². The van der Waals surface area contributed by atoms with E-state index in [0.717, 1.165) is 55.0 Å². The molecule has 42 heavy (non-hydrogen) atoms. The number of carbonyl (C=O) groups is 2. The fraction of sp³-hybridized carbons (Fsp3) is 0.343. The third-order valence-corrected chi connectivity index (χ3v) is 6.53. The predicted molar refractivity (Wildman–Crippen MR) is 166 cm³/mol. The number of ether oxygens (including phenoxy) is 3. The molecule has 0 amide bonds. The zero-order valence-electron chi connectivity index (χ0n) is 24.9. The number of carbonyl (C=O) groups excluding carboxylic acids is 2. The second-order valence-electron chi connectivity index (χ2n) is 10.6. The highest BCUT2D eigenvalue weighted by atomic mass is 16.5. The smallest absolute Gasteiger partial charge is 0.344 e. The fourth-order valence-corrected chi connectivity index (χ4v) is 4.29. The summed E-state index contributed by atoms with van der Waals surface area (Å²) in [5, 5.41) is 0.819. The number of fused-ring (bicyclic) bond motifs is 1. The molecule has 0 fully saturated rings. The molecule has 1 heterocycles. The summed E-state index contributed by atoms with van der Waals surface area (Å²) in [6, 6.07) is 12.6. The largest absolute Gasteiger partial charge is 0.462 e. The molecule has 222 valence electrons. The fourth-order valence-electron chi connectivity index (χ4n) is 4.29. The van der Waals surface area contributed by atoms with Gasteiger partial charge in [0.25, 0.3) is 0 Å². The first-order valence-corrected chi connectivity index (χ1v) is 14.2. The van der Waals surface area contributed by atoms with Crippen LogP contribution >= 0.6 is 0 Å². The molecule has 0 saturated carbocycles. The standard InChI is InChI=1S/C35H40O7/c1-23(2)22-39-17-9-7-12-28-21-32-29(19-27(28)11-8-10-18-40-33(36)24(3)4)20-31(35(38)42-32)26-13-15-30(16-14-26)41-34(37)25(5)6/h13-16,19-21H,1,3,5,7-12,17-18,22H2,2,4,6H3. The first-order valence-electron chi connectivity index (χ1n) is 14.2. The first kappa shape index (κ1) is 32.3. The molecular formula is C35H40O7. The van der Waals surface area contributed by atoms with Crippen LogP contribution in [0.5, 0.6) is 5.75 Å². The molecule has 7 heteroatoms. The molecule has 0 aliphatic rings. The van der Waals surface area contributed by atoms with Crippen LogP contribution in [0.4, 0.5) is 0 Å². The van der Waals surface area contributed by atoms with Gasteiger partial charge in [0.15, 0.2) is 0 Å². The van der Waals surface area contributed by atoms with Crippen molar-refractivity contribution in [3.05, 3.63) is 100 Å². The van der Waals surface area contributed by atoms with Gasteiger partial charge in [-0.2, -0.15) is 0 Å². The summed E-state index contributed by atoms with van der Waals surface area (Å²) in [5.74, 6) is -0.521. The Bertz CT molecular complexity index is 1510. The molecule has 0 saturated heterocycles. The predicted octanol–water partition coefficient (Wildman–Crippen LogP) is 7.30. The molecule has 0 unspecified atom stereocenters. The molecule has 0 radical (unpaired) electrons. The summed E-state index contributed by atoms with van der Waals surface area (Å²) in [6.07, 6.45) is 5.00. The Balaban J connectivity index is 1.81. The van der Waals surface area contributed by atoms with Crippen LogP contribution in [0, 0.1) is 0 Å². The second-order valence-corrected chi connectivity index (χ2v) is 10.6. The molecule has 2 aromatic carbocycles. The van der Waals surface area contributed by atoms with Crippen molar-refractivity contribution in [2.45, 2.75) is 59.3 Å². The SMILES string of the molecule is C=C(C)COCCCCc1cc2oc(=O)c(-c3ccc(OC(=O)C(=C)C)cc3)cc2cc1CCCCOC(=O)C(=C)C. The Kier molecular flexibility index (Phi) is 12.1. The van der Waals surface area contributed by atoms with E-state index >= 15 is 0 Å². The summed E-state index contributed by atoms with van der Waals surface area (Å²) in [4.78, 5) is 36.5. The molecule has 0 aliphatic heterocycles. The Morgan fingerprint density at radius 1 is 0.786 bits per heavy atom. The molecule has 1 aromatic heterocycles. The number of unbranched alkanes of at least 4 members (excludes halogenated alkanes) is 2. The molecule has 0 atom stereocenters. The van der Waals surface area contributed by atoms with E-state index in [2.05, 4.69) is 25.8 Å². The number of hydrogen-bond donors (Lipinski definition) is 0. The van der Waals surface area contributed by atoms with E-state index in [1.165, 1.54) is 5.56 Å². The van der Waals surface area contributed by atoms with Gasteiger partial charge in [0.05, 0.1) is 18.8 Å². The van der Waals surface area contributed by atoms with Gasteiger partial charge in [-0.1, -0.05) is 37.4 Å². The van der Waals surface area contributed by atoms with Gasteiger partial charge in [0.1, 0.15) is 11.3 Å². The maximum absolute atomic E-state index is 13.0. The van der Waals surface area contributed by atoms with Gasteiger partial charge in [0.2, 0.25) is 0 Å². The maximum atomic E-state index is 13.0. The Labute approximate surface area is 247 Å². The van der Waals surface area contributed by atoms with Crippen LogP contribution in [0.1, 0.15) is 57.6 Å². The van der Waals surface area contributed by atoms with E-state index in [1.54, 1.807) is 38.1 Å². The van der Waals surface area contributed by atoms with Gasteiger partial charge in [-0.05, 0) is 106 Å². The van der Waals surface area contributed by atoms with Crippen molar-refractivity contribution in [3.8, 4) is 16.9 Å². The molecule has 3 rings (SSSR count). The maximum Gasteiger partial charge on any atom is 0.344 e. The lowest BCUT2D eigenvalue weighted by Crippen LogP contribution is -2.08. The topological polar surface area (TPSA) is 92.0 Å². The van der Waals surface area contributed by atoms with Crippen LogP contribution in [0.15, 0.2) is 88.1 Å². The van der Waals surface area contributed by atoms with E-state index in [-0.39, 0.29) is 5.97 Å². The van der Waals surface area contributed by atoms with E-state index < -0.39 is 11.6 Å². The van der Waals surface area contributed by atoms with Crippen LogP contribution in [0.3, 0.4) is 0 Å². The zero-order chi connectivity index (χ0) is 30.6. The van der Waals surface area contributed by atoms with Crippen molar-refractivity contribution in [2.24, 2.45) is 0 Å². The number of esters is 2. The van der Waals surface area contributed by atoms with E-state index in [4.69, 9.17) is 18.6 Å². The van der Waals surface area contributed by atoms with Crippen molar-refractivity contribution >= 4 is 22.9 Å². The normalized spacial score (nSPS) is 10.8. The monoisotopic (exact) mass is 572 g/mol. The number of hydrogen-bond acceptors (Lipinski definition) is 7. The van der Waals surface area contributed by atoms with Crippen molar-refractivity contribution < 1.29 is 28.2 Å². The third kappa shape index (κ3) is 9.70. The molecule has 3 aromatic rings. The molecule has 7 nitrogen and oxygen atoms in total. The highest BCUT2D eigenvalue weighted by molar-refractivity contribution is 5.89. The Morgan fingerprint density at radius 3 is 2.02 bits per heavy atom. The van der Waals surface area contributed by atoms with Gasteiger partial charge >= 0.3 is 17.6 Å². The van der Waals surface area contributed by atoms with Gasteiger partial charge in [0, 0.05) is 23.1 Å². The molecule has 0 aliphatic carbocycles. The summed E-state index contributed by atoms with van der Waals surface area (Å²) in [7, 11) is 0. The van der Waals surface area contributed by atoms with E-state index in [9.17, 15) is 14.4 Å². The average Bonchev–Trinajstić information content (AvgIpc) is 2.94. The van der Waals surface area contributed by atoms with E-state index in [1.807, 2.05) is 19.1 Å². The quantitative estimate of drug-likeness (QED) is 0.0444. The van der Waals surface area contributed by atoms with Crippen LogP contribution in [-0.4, -0.2) is 31.8 Å². The van der Waals surface area contributed by atoms with Gasteiger partial charge < -0.3 is 18.6 Å². The van der Waals surface area contributed by atoms with Gasteiger partial charge in [-0.3, -0.25) is 0 Å². The first-order chi connectivity index (χ1) is 20.0. The third-order valence-electron chi connectivity index (χ3n) is 6.53. The van der Waals surface area contributed by atoms with Crippen LogP contribution in [0.25, 0.3) is 22.1 Å². The highest BCUT2D eigenvalue weighted by Crippen LogP contribution is 2.27. The molecular weight excluding hydrogens is 532 g/mol. The summed E-state index contributed by atoms with van der Waals surface area (Å²) >= 11 is 0. The van der Waals surface area contributed by atoms with E-state index in [0.29, 0.717) is 53.4 Å². The Morgan fingerprint density at radius 2 is 1.40 bits per heavy atom. The number of rotatable bonds is 16. The average molecular weight is 573 g/mol. The zero-order valence-corrected chi connectivity index (χ0v) is 24.9. The second kappa shape index (κ2) is 15.7. The minimum absolute atomic E-state index is 0.299. The molecule has 0 spiro atoms. The van der Waals surface area contributed by atoms with Crippen LogP contribution in [0.2, 0.25) is 0 Å². The number of aryl methyl sites for hydroxylation is 2. The lowest BCUT2D eigenvalue weighted by molar-refractivity contribution is -0.139. The van der Waals surface area contributed by atoms with Crippen LogP contribution in [-0.2, 0) is 31.9 Å². The Hall–Kier alpha value is -4.23. The van der Waals surface area contributed by atoms with Gasteiger partial charge in [-0.25, -0.2) is 14.4 Å². The van der Waals surface area contributed by atoms with Crippen molar-refractivity contribution in [2.75, 3.05) is 19.8 Å². The van der Waals surface area contributed by atoms with Crippen molar-refractivity contribution in [1.82, 2.24) is 0 Å². The summed E-state index contributed by atoms with van der Waals surface area (Å²) in [6.45, 7) is 17.8.